The molecule has 4 aliphatic heterocycles. The van der Waals surface area contributed by atoms with Crippen LogP contribution in [0.3, 0.4) is 0 Å². The Labute approximate surface area is 452 Å². The van der Waals surface area contributed by atoms with Crippen molar-refractivity contribution in [3.8, 4) is 23.3 Å². The number of aromatic hydroxyl groups is 2. The van der Waals surface area contributed by atoms with Crippen LogP contribution in [-0.4, -0.2) is 194 Å². The van der Waals surface area contributed by atoms with E-state index in [1.54, 1.807) is 13.0 Å². The third kappa shape index (κ3) is 10.7. The zero-order valence-electron chi connectivity index (χ0n) is 43.9. The van der Waals surface area contributed by atoms with E-state index in [1.165, 1.54) is 51.2 Å². The van der Waals surface area contributed by atoms with Crippen molar-refractivity contribution in [2.45, 2.75) is 112 Å². The predicted molar refractivity (Wildman–Crippen MR) is 269 cm³/mol. The molecular weight excluding hydrogens is 1060 g/mol. The molecule has 5 heterocycles. The molecule has 10 atom stereocenters. The summed E-state index contributed by atoms with van der Waals surface area (Å²) >= 11 is 0. The number of aromatic nitrogens is 1. The number of likely N-dealkylation sites (tertiary alicyclic amines) is 1. The highest BCUT2D eigenvalue weighted by molar-refractivity contribution is 7.90. The lowest BCUT2D eigenvalue weighted by Gasteiger charge is -2.47. The van der Waals surface area contributed by atoms with Crippen molar-refractivity contribution in [1.29, 1.82) is 5.26 Å². The van der Waals surface area contributed by atoms with Gasteiger partial charge in [-0.1, -0.05) is 12.1 Å². The van der Waals surface area contributed by atoms with E-state index in [0.29, 0.717) is 13.2 Å². The van der Waals surface area contributed by atoms with Crippen LogP contribution < -0.4 is 26.0 Å². The Balaban J connectivity index is 0.824. The molecule has 4 saturated heterocycles. The van der Waals surface area contributed by atoms with Gasteiger partial charge in [0.2, 0.25) is 23.5 Å². The Kier molecular flexibility index (Phi) is 15.9. The van der Waals surface area contributed by atoms with Crippen LogP contribution in [0.2, 0.25) is 0 Å². The number of nitrogens with one attached hydrogen (secondary N) is 4. The maximum absolute atomic E-state index is 14.5. The number of amides is 5. The van der Waals surface area contributed by atoms with Crippen LogP contribution in [0.25, 0.3) is 0 Å². The van der Waals surface area contributed by atoms with Gasteiger partial charge >= 0.3 is 0 Å². The number of phenolic OH excluding ortho intramolecular Hbond substituents is 2. The number of aliphatic hydroxyl groups is 1. The Bertz CT molecular complexity index is 3180. The molecule has 0 bridgehead atoms. The van der Waals surface area contributed by atoms with Crippen LogP contribution in [-0.2, 0) is 59.1 Å². The number of sulfone groups is 1. The monoisotopic (exact) mass is 1120 g/mol. The Morgan fingerprint density at radius 2 is 1.68 bits per heavy atom. The number of fused-ring (bicyclic) bond motifs is 6. The highest BCUT2D eigenvalue weighted by atomic mass is 32.2. The van der Waals surface area contributed by atoms with Gasteiger partial charge in [0.15, 0.2) is 39.5 Å². The number of carbonyl (C=O) groups is 7. The number of nitriles is 1. The van der Waals surface area contributed by atoms with E-state index in [2.05, 4.69) is 31.2 Å². The van der Waals surface area contributed by atoms with Crippen molar-refractivity contribution >= 4 is 50.9 Å². The normalized spacial score (nSPS) is 26.1. The topological polar surface area (TPSA) is 361 Å². The molecule has 0 radical (unpaired) electrons. The first kappa shape index (κ1) is 56.6. The number of nitrogens with zero attached hydrogens (tertiary/aromatic N) is 4. The average molecular weight is 1120 g/mol. The zero-order valence-corrected chi connectivity index (χ0v) is 44.7. The van der Waals surface area contributed by atoms with E-state index >= 15 is 0 Å². The number of hydrogen-bond donors (Lipinski definition) is 7. The molecule has 2 aliphatic carbocycles. The molecule has 3 aromatic rings. The third-order valence-electron chi connectivity index (χ3n) is 15.1. The number of ether oxygens (including phenoxy) is 6. The van der Waals surface area contributed by atoms with Crippen LogP contribution in [0.1, 0.15) is 105 Å². The molecule has 4 fully saturated rings. The van der Waals surface area contributed by atoms with Crippen molar-refractivity contribution in [2.75, 3.05) is 59.8 Å². The molecule has 422 valence electrons. The second-order valence-electron chi connectivity index (χ2n) is 20.5. The number of carbonyl (C=O) groups excluding carboxylic acids is 7. The van der Waals surface area contributed by atoms with Gasteiger partial charge in [-0.15, -0.1) is 0 Å². The predicted octanol–water partition coefficient (Wildman–Crippen LogP) is -0.776. The van der Waals surface area contributed by atoms with Gasteiger partial charge in [-0.2, -0.15) is 5.26 Å². The number of methoxy groups -OCH3 is 2. The van der Waals surface area contributed by atoms with Crippen LogP contribution in [0.5, 0.6) is 17.2 Å². The molecular formula is C52H60N8O18S. The molecule has 9 rings (SSSR count). The quantitative estimate of drug-likeness (QED) is 0.0677. The van der Waals surface area contributed by atoms with Gasteiger partial charge in [-0.3, -0.25) is 38.5 Å². The first-order chi connectivity index (χ1) is 37.5. The minimum Gasteiger partial charge on any atom is -0.507 e. The fraction of sp³-hybridized carbons (Fsp3) is 0.519. The summed E-state index contributed by atoms with van der Waals surface area (Å²) in [6.07, 6.45) is -4.86. The van der Waals surface area contributed by atoms with Gasteiger partial charge in [0.25, 0.3) is 11.8 Å². The van der Waals surface area contributed by atoms with Crippen molar-refractivity contribution in [1.82, 2.24) is 36.1 Å². The molecule has 26 nitrogen and oxygen atoms in total. The summed E-state index contributed by atoms with van der Waals surface area (Å²) in [5.41, 5.74) is -4.30. The largest absolute Gasteiger partial charge is 0.507 e. The molecule has 2 aromatic carbocycles. The number of phenols is 2. The molecule has 79 heavy (non-hydrogen) atoms. The van der Waals surface area contributed by atoms with Crippen molar-refractivity contribution in [3.63, 3.8) is 0 Å². The number of benzene rings is 2. The van der Waals surface area contributed by atoms with Gasteiger partial charge in [0, 0.05) is 100 Å². The highest BCUT2D eigenvalue weighted by Gasteiger charge is 2.56. The van der Waals surface area contributed by atoms with Gasteiger partial charge in [-0.25, -0.2) is 13.4 Å². The number of ketones is 2. The van der Waals surface area contributed by atoms with E-state index in [4.69, 9.17) is 28.4 Å². The van der Waals surface area contributed by atoms with E-state index in [-0.39, 0.29) is 90.2 Å². The molecule has 0 saturated carbocycles. The number of rotatable bonds is 16. The summed E-state index contributed by atoms with van der Waals surface area (Å²) in [6.45, 7) is 5.47. The molecule has 27 heteroatoms. The highest BCUT2D eigenvalue weighted by Crippen LogP contribution is 2.53. The number of morpholine rings is 1. The number of hydrogen-bond acceptors (Lipinski definition) is 21. The number of pyridine rings is 1. The molecule has 6 aliphatic rings. The smallest absolute Gasteiger partial charge is 0.269 e. The zero-order chi connectivity index (χ0) is 57.0. The summed E-state index contributed by atoms with van der Waals surface area (Å²) < 4.78 is 60.1. The van der Waals surface area contributed by atoms with Gasteiger partial charge in [-0.05, 0) is 39.0 Å². The van der Waals surface area contributed by atoms with Crippen LogP contribution in [0.15, 0.2) is 35.4 Å². The first-order valence-corrected chi connectivity index (χ1v) is 27.4. The van der Waals surface area contributed by atoms with E-state index in [1.807, 2.05) is 0 Å². The minimum absolute atomic E-state index is 0.0583. The molecule has 1 aromatic heterocycles. The fourth-order valence-corrected chi connectivity index (χ4v) is 11.9. The van der Waals surface area contributed by atoms with Gasteiger partial charge in [0.1, 0.15) is 52.8 Å². The van der Waals surface area contributed by atoms with Gasteiger partial charge < -0.3 is 69.9 Å². The van der Waals surface area contributed by atoms with E-state index < -0.39 is 146 Å². The summed E-state index contributed by atoms with van der Waals surface area (Å²) in [5, 5.41) is 55.5. The van der Waals surface area contributed by atoms with Crippen LogP contribution >= 0.6 is 0 Å². The lowest BCUT2D eigenvalue weighted by atomic mass is 9.72. The van der Waals surface area contributed by atoms with E-state index in [0.717, 1.165) is 18.4 Å². The third-order valence-corrected chi connectivity index (χ3v) is 16.1. The van der Waals surface area contributed by atoms with Gasteiger partial charge in [0.05, 0.1) is 48.2 Å². The summed E-state index contributed by atoms with van der Waals surface area (Å²) in [4.78, 5) is 102. The average Bonchev–Trinajstić information content (AvgIpc) is 3.87. The molecule has 0 spiro atoms. The van der Waals surface area contributed by atoms with Crippen molar-refractivity contribution < 1.29 is 85.7 Å². The molecule has 5 amide bonds. The first-order valence-electron chi connectivity index (χ1n) is 25.5. The van der Waals surface area contributed by atoms with Crippen molar-refractivity contribution in [2.24, 2.45) is 5.92 Å². The maximum atomic E-state index is 14.5. The molecule has 0 unspecified atom stereocenters. The Morgan fingerprint density at radius 3 is 2.38 bits per heavy atom. The fourth-order valence-electron chi connectivity index (χ4n) is 11.1. The van der Waals surface area contributed by atoms with E-state index in [9.17, 15) is 62.6 Å². The summed E-state index contributed by atoms with van der Waals surface area (Å²) in [5.74, 6) is -6.69. The van der Waals surface area contributed by atoms with Crippen LogP contribution in [0, 0.1) is 17.2 Å². The second-order valence-corrected chi connectivity index (χ2v) is 22.4. The van der Waals surface area contributed by atoms with Crippen molar-refractivity contribution in [3.05, 3.63) is 75.0 Å². The Morgan fingerprint density at radius 1 is 0.962 bits per heavy atom. The minimum atomic E-state index is -3.92. The van der Waals surface area contributed by atoms with Crippen LogP contribution in [0.4, 0.5) is 0 Å². The summed E-state index contributed by atoms with van der Waals surface area (Å²) in [6, 6.07) is 5.94. The lowest BCUT2D eigenvalue weighted by Crippen LogP contribution is -2.62. The SMILES string of the molecule is COc1cccc2c1C(=O)c1c(O)c3c(c(O)c1C2=O)C[C@@](O)(C(=O)N1CC(CNC(=O)[C@H](C)NC(=O)[C@H](C)NC(=O)CCNC(=O)c2ccc(C#N)c(S(C)(=O)=O)n2)C1)C[C@@H]3O[C@H]1C[C@H]2[C@H](O[C@@H]3[C@@H](OC)OCCN32)[C@H](C)O1. The second kappa shape index (κ2) is 22.2. The molecule has 7 N–H and O–H groups in total. The lowest BCUT2D eigenvalue weighted by molar-refractivity contribution is -0.256. The maximum Gasteiger partial charge on any atom is 0.269 e. The Hall–Kier alpha value is -7.16. The standard InChI is InChI=1S/C52H60N8O18S/c1-23(57-46(67)24(2)56-34(61)12-13-54-47(68)30-11-10-27(19-53)48(58-30)79(6,71)72)45(66)55-20-26-21-59(22-26)51(69)52(70)17-29-37(43(65)39-38(41(29)63)40(62)28-8-7-9-32(73-4)36(28)42(39)64)33(18-52)77-35-16-31-44(25(3)76-35)78-49-50(74-5)75-15-14-60(31)49/h7-11,23-26,31,33,35,44,49-50,63,65,70H,12-18,20-22H2,1-6H3,(H,54,68)(H,55,66)(H,56,61)(H,57,67)/t23-,24-,25-,31-,33-,35-,44+,49+,50-,52-/m0/s1. The summed E-state index contributed by atoms with van der Waals surface area (Å²) in [7, 11) is -1.08.